The van der Waals surface area contributed by atoms with Crippen LogP contribution in [0.5, 0.6) is 5.75 Å². The van der Waals surface area contributed by atoms with E-state index in [0.717, 1.165) is 24.3 Å². The van der Waals surface area contributed by atoms with Gasteiger partial charge in [-0.3, -0.25) is 4.79 Å². The van der Waals surface area contributed by atoms with Gasteiger partial charge in [-0.2, -0.15) is 0 Å². The van der Waals surface area contributed by atoms with Gasteiger partial charge in [0.2, 0.25) is 5.91 Å². The number of nitrogens with one attached hydrogen (secondary N) is 1. The zero-order valence-corrected chi connectivity index (χ0v) is 12.7. The van der Waals surface area contributed by atoms with Crippen molar-refractivity contribution < 1.29 is 14.3 Å². The topological polar surface area (TPSA) is 73.6 Å². The number of hydrogen-bond acceptors (Lipinski definition) is 4. The molecule has 1 amide bonds. The molecule has 1 aromatic rings. The molecule has 0 aromatic heterocycles. The molecule has 1 saturated heterocycles. The predicted molar refractivity (Wildman–Crippen MR) is 82.4 cm³/mol. The Morgan fingerprint density at radius 2 is 2.38 bits per heavy atom. The van der Waals surface area contributed by atoms with Gasteiger partial charge in [-0.05, 0) is 18.6 Å². The molecule has 0 saturated carbocycles. The molecule has 1 heterocycles. The van der Waals surface area contributed by atoms with Crippen molar-refractivity contribution in [3.8, 4) is 5.75 Å². The second kappa shape index (κ2) is 6.80. The molecule has 2 unspecified atom stereocenters. The molecule has 1 aliphatic heterocycles. The summed E-state index contributed by atoms with van der Waals surface area (Å²) in [6, 6.07) is 7.54. The van der Waals surface area contributed by atoms with Crippen LogP contribution in [0.3, 0.4) is 0 Å². The summed E-state index contributed by atoms with van der Waals surface area (Å²) in [5.74, 6) is 0.423. The van der Waals surface area contributed by atoms with Crippen LogP contribution >= 0.6 is 0 Å². The summed E-state index contributed by atoms with van der Waals surface area (Å²) in [6.45, 7) is 2.66. The fraction of sp³-hybridized carbons (Fsp3) is 0.562. The highest BCUT2D eigenvalue weighted by molar-refractivity contribution is 5.88. The molecule has 0 aliphatic carbocycles. The number of anilines is 1. The Labute approximate surface area is 125 Å². The summed E-state index contributed by atoms with van der Waals surface area (Å²) >= 11 is 0. The van der Waals surface area contributed by atoms with E-state index >= 15 is 0 Å². The molecule has 2 atom stereocenters. The lowest BCUT2D eigenvalue weighted by molar-refractivity contribution is -0.127. The average Bonchev–Trinajstić information content (AvgIpc) is 2.48. The molecule has 0 radical (unpaired) electrons. The first kappa shape index (κ1) is 15.6. The maximum atomic E-state index is 12.1. The van der Waals surface area contributed by atoms with Crippen molar-refractivity contribution in [1.29, 1.82) is 0 Å². The van der Waals surface area contributed by atoms with E-state index in [-0.39, 0.29) is 12.0 Å². The third kappa shape index (κ3) is 3.67. The number of primary amides is 1. The van der Waals surface area contributed by atoms with Gasteiger partial charge in [0.25, 0.3) is 0 Å². The summed E-state index contributed by atoms with van der Waals surface area (Å²) in [5, 5.41) is 3.32. The Balaban J connectivity index is 2.19. The summed E-state index contributed by atoms with van der Waals surface area (Å²) < 4.78 is 11.0. The van der Waals surface area contributed by atoms with Crippen LogP contribution in [0, 0.1) is 0 Å². The minimum atomic E-state index is -0.746. The van der Waals surface area contributed by atoms with Gasteiger partial charge in [0.1, 0.15) is 11.3 Å². The van der Waals surface area contributed by atoms with Crippen molar-refractivity contribution in [2.45, 2.75) is 44.2 Å². The first-order valence-corrected chi connectivity index (χ1v) is 7.43. The van der Waals surface area contributed by atoms with E-state index in [9.17, 15) is 4.79 Å². The van der Waals surface area contributed by atoms with Gasteiger partial charge in [0.15, 0.2) is 0 Å². The van der Waals surface area contributed by atoms with Crippen LogP contribution in [0.2, 0.25) is 0 Å². The van der Waals surface area contributed by atoms with Gasteiger partial charge in [0, 0.05) is 31.2 Å². The van der Waals surface area contributed by atoms with Crippen LogP contribution in [0.4, 0.5) is 5.69 Å². The van der Waals surface area contributed by atoms with E-state index in [1.54, 1.807) is 7.11 Å². The summed E-state index contributed by atoms with van der Waals surface area (Å²) in [6.07, 6.45) is 3.23. The van der Waals surface area contributed by atoms with Crippen molar-refractivity contribution in [2.24, 2.45) is 5.73 Å². The molecule has 5 heteroatoms. The van der Waals surface area contributed by atoms with Crippen molar-refractivity contribution in [2.75, 3.05) is 19.0 Å². The van der Waals surface area contributed by atoms with Gasteiger partial charge in [-0.15, -0.1) is 0 Å². The predicted octanol–water partition coefficient (Wildman–Crippen LogP) is 2.31. The van der Waals surface area contributed by atoms with Crippen LogP contribution in [0.15, 0.2) is 24.3 Å². The second-order valence-electron chi connectivity index (χ2n) is 5.54. The smallest absolute Gasteiger partial charge is 0.243 e. The first-order chi connectivity index (χ1) is 10.1. The van der Waals surface area contributed by atoms with Crippen LogP contribution in [-0.4, -0.2) is 31.3 Å². The molecule has 1 aromatic carbocycles. The maximum Gasteiger partial charge on any atom is 0.243 e. The minimum Gasteiger partial charge on any atom is -0.497 e. The Kier molecular flexibility index (Phi) is 5.07. The number of carbonyl (C=O) groups excluding carboxylic acids is 1. The first-order valence-electron chi connectivity index (χ1n) is 7.43. The number of benzene rings is 1. The molecule has 1 fully saturated rings. The van der Waals surface area contributed by atoms with E-state index in [2.05, 4.69) is 12.2 Å². The minimum absolute atomic E-state index is 0.0781. The van der Waals surface area contributed by atoms with Crippen molar-refractivity contribution >= 4 is 11.6 Å². The highest BCUT2D eigenvalue weighted by atomic mass is 16.5. The number of nitrogens with two attached hydrogens (primary N) is 1. The van der Waals surface area contributed by atoms with E-state index in [4.69, 9.17) is 15.2 Å². The fourth-order valence-corrected chi connectivity index (χ4v) is 2.83. The largest absolute Gasteiger partial charge is 0.497 e. The van der Waals surface area contributed by atoms with Gasteiger partial charge in [-0.25, -0.2) is 0 Å². The molecular formula is C16H24N2O3. The van der Waals surface area contributed by atoms with E-state index in [1.165, 1.54) is 0 Å². The lowest BCUT2D eigenvalue weighted by Gasteiger charge is -2.40. The molecule has 0 spiro atoms. The molecule has 3 N–H and O–H groups in total. The van der Waals surface area contributed by atoms with Crippen LogP contribution in [0.1, 0.15) is 32.6 Å². The summed E-state index contributed by atoms with van der Waals surface area (Å²) in [7, 11) is 1.62. The fourth-order valence-electron chi connectivity index (χ4n) is 2.83. The van der Waals surface area contributed by atoms with Gasteiger partial charge < -0.3 is 20.5 Å². The summed E-state index contributed by atoms with van der Waals surface area (Å²) in [5.41, 5.74) is 5.78. The Morgan fingerprint density at radius 1 is 1.57 bits per heavy atom. The molecule has 116 valence electrons. The lowest BCUT2D eigenvalue weighted by Crippen LogP contribution is -2.56. The molecule has 2 rings (SSSR count). The standard InChI is InChI=1S/C16H24N2O3/c1-3-5-14-11-16(15(17)19,8-9-21-14)18-12-6-4-7-13(10-12)20-2/h4,6-7,10,14,18H,3,5,8-9,11H2,1-2H3,(H2,17,19). The quantitative estimate of drug-likeness (QED) is 0.844. The number of rotatable bonds is 6. The lowest BCUT2D eigenvalue weighted by atomic mass is 9.84. The third-order valence-electron chi connectivity index (χ3n) is 3.99. The normalized spacial score (nSPS) is 25.3. The van der Waals surface area contributed by atoms with Crippen LogP contribution in [-0.2, 0) is 9.53 Å². The van der Waals surface area contributed by atoms with Crippen molar-refractivity contribution in [3.63, 3.8) is 0 Å². The number of amides is 1. The highest BCUT2D eigenvalue weighted by Gasteiger charge is 2.41. The highest BCUT2D eigenvalue weighted by Crippen LogP contribution is 2.31. The maximum absolute atomic E-state index is 12.1. The number of ether oxygens (including phenoxy) is 2. The zero-order valence-electron chi connectivity index (χ0n) is 12.7. The van der Waals surface area contributed by atoms with Gasteiger partial charge >= 0.3 is 0 Å². The second-order valence-corrected chi connectivity index (χ2v) is 5.54. The zero-order chi connectivity index (χ0) is 15.3. The van der Waals surface area contributed by atoms with E-state index in [1.807, 2.05) is 24.3 Å². The number of carbonyl (C=O) groups is 1. The van der Waals surface area contributed by atoms with Crippen LogP contribution < -0.4 is 15.8 Å². The molecule has 5 nitrogen and oxygen atoms in total. The molecule has 0 bridgehead atoms. The van der Waals surface area contributed by atoms with Crippen LogP contribution in [0.25, 0.3) is 0 Å². The monoisotopic (exact) mass is 292 g/mol. The SMILES string of the molecule is CCCC1CC(Nc2cccc(OC)c2)(C(N)=O)CCO1. The molecule has 21 heavy (non-hydrogen) atoms. The van der Waals surface area contributed by atoms with E-state index in [0.29, 0.717) is 19.4 Å². The Hall–Kier alpha value is -1.75. The van der Waals surface area contributed by atoms with Crippen molar-refractivity contribution in [1.82, 2.24) is 0 Å². The third-order valence-corrected chi connectivity index (χ3v) is 3.99. The number of methoxy groups -OCH3 is 1. The van der Waals surface area contributed by atoms with Crippen molar-refractivity contribution in [3.05, 3.63) is 24.3 Å². The van der Waals surface area contributed by atoms with E-state index < -0.39 is 5.54 Å². The Morgan fingerprint density at radius 3 is 3.05 bits per heavy atom. The van der Waals surface area contributed by atoms with Gasteiger partial charge in [0.05, 0.1) is 13.2 Å². The molecule has 1 aliphatic rings. The number of hydrogen-bond donors (Lipinski definition) is 2. The molecular weight excluding hydrogens is 268 g/mol. The Bertz CT molecular complexity index is 490. The van der Waals surface area contributed by atoms with Gasteiger partial charge in [-0.1, -0.05) is 19.4 Å². The average molecular weight is 292 g/mol. The summed E-state index contributed by atoms with van der Waals surface area (Å²) in [4.78, 5) is 12.1.